The first-order chi connectivity index (χ1) is 11.0. The Kier molecular flexibility index (Phi) is 5.98. The summed E-state index contributed by atoms with van der Waals surface area (Å²) in [6.45, 7) is 5.29. The van der Waals surface area contributed by atoms with Gasteiger partial charge in [0.2, 0.25) is 0 Å². The van der Waals surface area contributed by atoms with E-state index in [1.807, 2.05) is 24.3 Å². The van der Waals surface area contributed by atoms with Crippen LogP contribution in [0.5, 0.6) is 5.75 Å². The molecule has 0 aromatic heterocycles. The zero-order chi connectivity index (χ0) is 16.8. The number of morpholine rings is 1. The normalized spacial score (nSPS) is 18.0. The number of carboxylic acids is 1. The predicted molar refractivity (Wildman–Crippen MR) is 84.6 cm³/mol. The lowest BCUT2D eigenvalue weighted by Crippen LogP contribution is -2.47. The number of aliphatic carboxylic acids is 1. The van der Waals surface area contributed by atoms with Crippen LogP contribution in [-0.2, 0) is 14.3 Å². The van der Waals surface area contributed by atoms with Gasteiger partial charge >= 0.3 is 5.97 Å². The molecule has 0 aliphatic carbocycles. The number of hydrogen-bond acceptors (Lipinski definition) is 4. The maximum atomic E-state index is 12.2. The molecule has 0 bridgehead atoms. The van der Waals surface area contributed by atoms with Gasteiger partial charge in [0.25, 0.3) is 5.91 Å². The number of benzene rings is 1. The highest BCUT2D eigenvalue weighted by molar-refractivity contribution is 5.78. The largest absolute Gasteiger partial charge is 0.484 e. The molecule has 1 aliphatic rings. The number of hydrogen-bond donors (Lipinski definition) is 1. The van der Waals surface area contributed by atoms with Crippen molar-refractivity contribution in [2.45, 2.75) is 32.3 Å². The molecule has 23 heavy (non-hydrogen) atoms. The van der Waals surface area contributed by atoms with Crippen molar-refractivity contribution in [2.24, 2.45) is 0 Å². The number of ether oxygens (including phenoxy) is 2. The monoisotopic (exact) mass is 321 g/mol. The number of rotatable bonds is 6. The van der Waals surface area contributed by atoms with E-state index in [2.05, 4.69) is 13.8 Å². The molecule has 6 heteroatoms. The van der Waals surface area contributed by atoms with Crippen LogP contribution in [0.2, 0.25) is 0 Å². The summed E-state index contributed by atoms with van der Waals surface area (Å²) >= 11 is 0. The third kappa shape index (κ3) is 5.25. The standard InChI is InChI=1S/C17H23NO5/c1-12(2)13-3-5-14(6-4-13)23-11-16(19)18-7-8-22-15(10-18)9-17(20)21/h3-6,12,15H,7-11H2,1-2H3,(H,20,21). The van der Waals surface area contributed by atoms with Gasteiger partial charge in [0.05, 0.1) is 19.1 Å². The lowest BCUT2D eigenvalue weighted by molar-refractivity contribution is -0.148. The fraction of sp³-hybridized carbons (Fsp3) is 0.529. The predicted octanol–water partition coefficient (Wildman–Crippen LogP) is 1.89. The van der Waals surface area contributed by atoms with Crippen molar-refractivity contribution in [3.05, 3.63) is 29.8 Å². The molecule has 1 aromatic carbocycles. The first kappa shape index (κ1) is 17.3. The molecule has 2 rings (SSSR count). The third-order valence-corrected chi connectivity index (χ3v) is 3.80. The second-order valence-corrected chi connectivity index (χ2v) is 5.94. The quantitative estimate of drug-likeness (QED) is 0.866. The van der Waals surface area contributed by atoms with Gasteiger partial charge in [-0.05, 0) is 23.6 Å². The van der Waals surface area contributed by atoms with Crippen molar-refractivity contribution in [2.75, 3.05) is 26.3 Å². The Labute approximate surface area is 136 Å². The van der Waals surface area contributed by atoms with Crippen molar-refractivity contribution < 1.29 is 24.2 Å². The van der Waals surface area contributed by atoms with E-state index in [9.17, 15) is 9.59 Å². The van der Waals surface area contributed by atoms with Gasteiger partial charge in [-0.1, -0.05) is 26.0 Å². The highest BCUT2D eigenvalue weighted by Gasteiger charge is 2.26. The van der Waals surface area contributed by atoms with Crippen LogP contribution in [0.1, 0.15) is 31.7 Å². The molecule has 0 radical (unpaired) electrons. The molecule has 1 aromatic rings. The molecule has 1 fully saturated rings. The van der Waals surface area contributed by atoms with Gasteiger partial charge in [-0.3, -0.25) is 9.59 Å². The summed E-state index contributed by atoms with van der Waals surface area (Å²) in [6.07, 6.45) is -0.545. The van der Waals surface area contributed by atoms with Crippen LogP contribution in [0, 0.1) is 0 Å². The van der Waals surface area contributed by atoms with E-state index in [-0.39, 0.29) is 18.9 Å². The smallest absolute Gasteiger partial charge is 0.306 e. The molecule has 1 N–H and O–H groups in total. The topological polar surface area (TPSA) is 76.1 Å². The summed E-state index contributed by atoms with van der Waals surface area (Å²) in [6, 6.07) is 7.69. The molecule has 126 valence electrons. The second-order valence-electron chi connectivity index (χ2n) is 5.94. The fourth-order valence-corrected chi connectivity index (χ4v) is 2.45. The van der Waals surface area contributed by atoms with Gasteiger partial charge < -0.3 is 19.5 Å². The summed E-state index contributed by atoms with van der Waals surface area (Å²) in [4.78, 5) is 24.5. The zero-order valence-corrected chi connectivity index (χ0v) is 13.5. The first-order valence-electron chi connectivity index (χ1n) is 7.79. The second kappa shape index (κ2) is 7.97. The molecule has 1 heterocycles. The van der Waals surface area contributed by atoms with E-state index in [1.165, 1.54) is 5.56 Å². The Morgan fingerprint density at radius 3 is 2.65 bits per heavy atom. The van der Waals surface area contributed by atoms with Crippen LogP contribution in [0.3, 0.4) is 0 Å². The minimum atomic E-state index is -0.925. The average molecular weight is 321 g/mol. The van der Waals surface area contributed by atoms with Crippen LogP contribution in [0.25, 0.3) is 0 Å². The number of amides is 1. The summed E-state index contributed by atoms with van der Waals surface area (Å²) in [5.74, 6) is 0.0192. The summed E-state index contributed by atoms with van der Waals surface area (Å²) < 4.78 is 10.9. The summed E-state index contributed by atoms with van der Waals surface area (Å²) in [5, 5.41) is 8.80. The molecule has 1 aliphatic heterocycles. The lowest BCUT2D eigenvalue weighted by Gasteiger charge is -2.32. The van der Waals surface area contributed by atoms with Crippen LogP contribution < -0.4 is 4.74 Å². The van der Waals surface area contributed by atoms with E-state index in [4.69, 9.17) is 14.6 Å². The van der Waals surface area contributed by atoms with E-state index in [0.717, 1.165) is 0 Å². The Morgan fingerprint density at radius 2 is 2.04 bits per heavy atom. The molecule has 1 unspecified atom stereocenters. The fourth-order valence-electron chi connectivity index (χ4n) is 2.45. The van der Waals surface area contributed by atoms with Gasteiger partial charge in [0.1, 0.15) is 5.75 Å². The van der Waals surface area contributed by atoms with Crippen LogP contribution in [0.15, 0.2) is 24.3 Å². The molecule has 1 amide bonds. The van der Waals surface area contributed by atoms with Crippen LogP contribution in [0.4, 0.5) is 0 Å². The SMILES string of the molecule is CC(C)c1ccc(OCC(=O)N2CCOC(CC(=O)O)C2)cc1. The molecule has 1 atom stereocenters. The van der Waals surface area contributed by atoms with Gasteiger partial charge in [-0.15, -0.1) is 0 Å². The number of carbonyl (C=O) groups is 2. The maximum Gasteiger partial charge on any atom is 0.306 e. The minimum Gasteiger partial charge on any atom is -0.484 e. The Bertz CT molecular complexity index is 540. The lowest BCUT2D eigenvalue weighted by atomic mass is 10.0. The first-order valence-corrected chi connectivity index (χ1v) is 7.79. The highest BCUT2D eigenvalue weighted by Crippen LogP contribution is 2.18. The van der Waals surface area contributed by atoms with Gasteiger partial charge in [-0.2, -0.15) is 0 Å². The molecule has 1 saturated heterocycles. The number of carbonyl (C=O) groups excluding carboxylic acids is 1. The molecular weight excluding hydrogens is 298 g/mol. The van der Waals surface area contributed by atoms with E-state index in [0.29, 0.717) is 31.4 Å². The van der Waals surface area contributed by atoms with Crippen molar-refractivity contribution in [1.29, 1.82) is 0 Å². The summed E-state index contributed by atoms with van der Waals surface area (Å²) in [5.41, 5.74) is 1.22. The van der Waals surface area contributed by atoms with E-state index < -0.39 is 12.1 Å². The number of nitrogens with zero attached hydrogens (tertiary/aromatic N) is 1. The van der Waals surface area contributed by atoms with Crippen molar-refractivity contribution in [3.8, 4) is 5.75 Å². The van der Waals surface area contributed by atoms with Crippen molar-refractivity contribution in [1.82, 2.24) is 4.90 Å². The maximum absolute atomic E-state index is 12.2. The highest BCUT2D eigenvalue weighted by atomic mass is 16.5. The van der Waals surface area contributed by atoms with Gasteiger partial charge in [0, 0.05) is 13.1 Å². The van der Waals surface area contributed by atoms with Crippen molar-refractivity contribution in [3.63, 3.8) is 0 Å². The van der Waals surface area contributed by atoms with Gasteiger partial charge in [0.15, 0.2) is 6.61 Å². The molecule has 6 nitrogen and oxygen atoms in total. The van der Waals surface area contributed by atoms with Crippen LogP contribution in [-0.4, -0.2) is 54.3 Å². The summed E-state index contributed by atoms with van der Waals surface area (Å²) in [7, 11) is 0. The van der Waals surface area contributed by atoms with E-state index >= 15 is 0 Å². The average Bonchev–Trinajstić information content (AvgIpc) is 2.52. The minimum absolute atomic E-state index is 0.0547. The van der Waals surface area contributed by atoms with Crippen LogP contribution >= 0.6 is 0 Å². The Morgan fingerprint density at radius 1 is 1.35 bits per heavy atom. The van der Waals surface area contributed by atoms with E-state index in [1.54, 1.807) is 4.90 Å². The molecular formula is C17H23NO5. The zero-order valence-electron chi connectivity index (χ0n) is 13.5. The molecule has 0 saturated carbocycles. The number of carboxylic acid groups (broad SMARTS) is 1. The third-order valence-electron chi connectivity index (χ3n) is 3.80. The Balaban J connectivity index is 1.83. The van der Waals surface area contributed by atoms with Gasteiger partial charge in [-0.25, -0.2) is 0 Å². The Hall–Kier alpha value is -2.08. The van der Waals surface area contributed by atoms with Crippen molar-refractivity contribution >= 4 is 11.9 Å². The molecule has 0 spiro atoms.